The van der Waals surface area contributed by atoms with Crippen LogP contribution in [0.3, 0.4) is 0 Å². The van der Waals surface area contributed by atoms with Crippen LogP contribution < -0.4 is 0 Å². The molecule has 1 N–H and O–H groups in total. The van der Waals surface area contributed by atoms with E-state index in [2.05, 4.69) is 36.8 Å². The lowest BCUT2D eigenvalue weighted by atomic mass is 9.88. The molecular weight excluding hydrogens is 565 g/mol. The Balaban J connectivity index is 0.00000111. The van der Waals surface area contributed by atoms with Crippen LogP contribution in [0.4, 0.5) is 4.39 Å². The first-order valence-corrected chi connectivity index (χ1v) is 16.2. The van der Waals surface area contributed by atoms with Crippen molar-refractivity contribution in [3.8, 4) is 22.6 Å². The number of piperidine rings is 1. The first kappa shape index (κ1) is 37.3. The number of pyridine rings is 2. The summed E-state index contributed by atoms with van der Waals surface area (Å²) in [4.78, 5) is 28.6. The predicted octanol–water partition coefficient (Wildman–Crippen LogP) is 8.11. The molecule has 1 aliphatic heterocycles. The van der Waals surface area contributed by atoms with Crippen LogP contribution in [-0.2, 0) is 29.3 Å². The molecule has 7 nitrogen and oxygen atoms in total. The average Bonchev–Trinajstić information content (AvgIpc) is 3.47. The molecule has 4 aromatic rings. The molecule has 45 heavy (non-hydrogen) atoms. The van der Waals surface area contributed by atoms with Crippen LogP contribution in [0.5, 0.6) is 0 Å². The Morgan fingerprint density at radius 3 is 1.98 bits per heavy atom. The Morgan fingerprint density at radius 1 is 0.867 bits per heavy atom. The van der Waals surface area contributed by atoms with Gasteiger partial charge in [-0.2, -0.15) is 0 Å². The number of imidazole rings is 1. The fourth-order valence-electron chi connectivity index (χ4n) is 4.89. The van der Waals surface area contributed by atoms with Gasteiger partial charge in [0.25, 0.3) is 0 Å². The van der Waals surface area contributed by atoms with Gasteiger partial charge in [-0.1, -0.05) is 86.6 Å². The second kappa shape index (κ2) is 17.0. The van der Waals surface area contributed by atoms with Gasteiger partial charge in [0.15, 0.2) is 5.82 Å². The van der Waals surface area contributed by atoms with Crippen molar-refractivity contribution >= 4 is 5.91 Å². The summed E-state index contributed by atoms with van der Waals surface area (Å²) in [6, 6.07) is 14.0. The topological polar surface area (TPSA) is 84.1 Å². The Labute approximate surface area is 269 Å². The molecule has 8 heteroatoms. The van der Waals surface area contributed by atoms with Gasteiger partial charge in [0.2, 0.25) is 5.91 Å². The highest BCUT2D eigenvalue weighted by Crippen LogP contribution is 2.34. The molecule has 4 heterocycles. The fourth-order valence-corrected chi connectivity index (χ4v) is 4.89. The molecule has 3 aromatic heterocycles. The molecule has 1 aromatic carbocycles. The SMILES string of the molecule is CC.CC.CC.Cn1cc(C2(O)CCN(C(=O)Cc3ccc(-c4ccc(F)cc4)cn3)CC2)nc1-c1ccc(C(C)(C)C)cn1. The summed E-state index contributed by atoms with van der Waals surface area (Å²) in [7, 11) is 1.90. The normalized spacial score (nSPS) is 13.7. The van der Waals surface area contributed by atoms with Gasteiger partial charge in [-0.15, -0.1) is 0 Å². The van der Waals surface area contributed by atoms with E-state index >= 15 is 0 Å². The number of amides is 1. The molecule has 1 aliphatic rings. The molecule has 0 aliphatic carbocycles. The molecule has 0 radical (unpaired) electrons. The van der Waals surface area contributed by atoms with Crippen LogP contribution in [0, 0.1) is 5.82 Å². The van der Waals surface area contributed by atoms with Crippen LogP contribution in [0.2, 0.25) is 0 Å². The number of hydrogen-bond donors (Lipinski definition) is 1. The van der Waals surface area contributed by atoms with Crippen LogP contribution in [0.1, 0.15) is 92.1 Å². The van der Waals surface area contributed by atoms with Crippen molar-refractivity contribution in [2.24, 2.45) is 7.05 Å². The molecule has 5 rings (SSSR count). The van der Waals surface area contributed by atoms with E-state index in [-0.39, 0.29) is 23.6 Å². The second-order valence-electron chi connectivity index (χ2n) is 11.4. The van der Waals surface area contributed by atoms with Crippen LogP contribution in [0.15, 0.2) is 67.1 Å². The molecule has 244 valence electrons. The molecule has 0 spiro atoms. The van der Waals surface area contributed by atoms with Crippen molar-refractivity contribution < 1.29 is 14.3 Å². The number of halogens is 1. The molecule has 0 atom stereocenters. The number of hydrogen-bond acceptors (Lipinski definition) is 5. The van der Waals surface area contributed by atoms with E-state index < -0.39 is 5.60 Å². The standard InChI is InChI=1S/C31H34FN5O2.3C2H6/c1-30(2,3)23-8-12-26(34-19-23)29-35-27(20-36(29)4)31(39)13-15-37(16-14-31)28(38)17-25-11-7-22(18-33-25)21-5-9-24(32)10-6-21;3*1-2/h5-12,18-20,39H,13-17H2,1-4H3;3*1-2H3. The summed E-state index contributed by atoms with van der Waals surface area (Å²) in [6.45, 7) is 19.3. The molecule has 0 saturated carbocycles. The van der Waals surface area contributed by atoms with Crippen LogP contribution in [0.25, 0.3) is 22.6 Å². The maximum absolute atomic E-state index is 13.2. The lowest BCUT2D eigenvalue weighted by Crippen LogP contribution is -2.45. The third kappa shape index (κ3) is 9.54. The van der Waals surface area contributed by atoms with Crippen molar-refractivity contribution in [3.63, 3.8) is 0 Å². The van der Waals surface area contributed by atoms with Crippen molar-refractivity contribution in [3.05, 3.63) is 89.9 Å². The highest BCUT2D eigenvalue weighted by molar-refractivity contribution is 5.78. The first-order chi connectivity index (χ1) is 21.5. The predicted molar refractivity (Wildman–Crippen MR) is 182 cm³/mol. The first-order valence-electron chi connectivity index (χ1n) is 16.2. The van der Waals surface area contributed by atoms with E-state index in [4.69, 9.17) is 4.98 Å². The number of aryl methyl sites for hydroxylation is 1. The molecule has 1 amide bonds. The quantitative estimate of drug-likeness (QED) is 0.245. The molecular formula is C37H52FN5O2. The van der Waals surface area contributed by atoms with Crippen LogP contribution in [-0.4, -0.2) is 48.5 Å². The van der Waals surface area contributed by atoms with Crippen molar-refractivity contribution in [2.45, 2.75) is 92.6 Å². The number of benzene rings is 1. The second-order valence-corrected chi connectivity index (χ2v) is 11.4. The van der Waals surface area contributed by atoms with Gasteiger partial charge in [-0.3, -0.25) is 14.8 Å². The summed E-state index contributed by atoms with van der Waals surface area (Å²) in [5.74, 6) is 0.394. The maximum atomic E-state index is 13.2. The van der Waals surface area contributed by atoms with E-state index in [1.165, 1.54) is 12.1 Å². The summed E-state index contributed by atoms with van der Waals surface area (Å²) < 4.78 is 15.1. The lowest BCUT2D eigenvalue weighted by Gasteiger charge is -2.37. The maximum Gasteiger partial charge on any atom is 0.228 e. The Hall–Kier alpha value is -3.91. The summed E-state index contributed by atoms with van der Waals surface area (Å²) in [5, 5.41) is 11.5. The average molecular weight is 618 g/mol. The summed E-state index contributed by atoms with van der Waals surface area (Å²) >= 11 is 0. The van der Waals surface area contributed by atoms with Crippen molar-refractivity contribution in [2.75, 3.05) is 13.1 Å². The third-order valence-corrected chi connectivity index (χ3v) is 7.49. The molecule has 1 fully saturated rings. The fraction of sp³-hybridized carbons (Fsp3) is 0.459. The minimum Gasteiger partial charge on any atom is -0.383 e. The van der Waals surface area contributed by atoms with Gasteiger partial charge in [-0.05, 0) is 53.6 Å². The molecule has 0 bridgehead atoms. The van der Waals surface area contributed by atoms with E-state index in [0.29, 0.717) is 43.1 Å². The van der Waals surface area contributed by atoms with Crippen LogP contribution >= 0.6 is 0 Å². The highest BCUT2D eigenvalue weighted by atomic mass is 19.1. The van der Waals surface area contributed by atoms with Gasteiger partial charge < -0.3 is 14.6 Å². The van der Waals surface area contributed by atoms with Gasteiger partial charge in [-0.25, -0.2) is 9.37 Å². The summed E-state index contributed by atoms with van der Waals surface area (Å²) in [6.07, 6.45) is 6.44. The number of carbonyl (C=O) groups is 1. The zero-order chi connectivity index (χ0) is 33.8. The van der Waals surface area contributed by atoms with Gasteiger partial charge in [0, 0.05) is 50.0 Å². The highest BCUT2D eigenvalue weighted by Gasteiger charge is 2.38. The summed E-state index contributed by atoms with van der Waals surface area (Å²) in [5.41, 5.74) is 3.83. The minimum atomic E-state index is -1.10. The van der Waals surface area contributed by atoms with Gasteiger partial charge >= 0.3 is 0 Å². The van der Waals surface area contributed by atoms with E-state index in [1.807, 2.05) is 83.7 Å². The zero-order valence-electron chi connectivity index (χ0n) is 28.9. The Bertz CT molecular complexity index is 1450. The van der Waals surface area contributed by atoms with Gasteiger partial charge in [0.05, 0.1) is 12.1 Å². The minimum absolute atomic E-state index is 0.0163. The smallest absolute Gasteiger partial charge is 0.228 e. The third-order valence-electron chi connectivity index (χ3n) is 7.49. The molecule has 0 unspecified atom stereocenters. The number of carbonyl (C=O) groups excluding carboxylic acids is 1. The largest absolute Gasteiger partial charge is 0.383 e. The monoisotopic (exact) mass is 617 g/mol. The number of likely N-dealkylation sites (tertiary alicyclic amines) is 1. The number of rotatable bonds is 5. The van der Waals surface area contributed by atoms with E-state index in [9.17, 15) is 14.3 Å². The van der Waals surface area contributed by atoms with Gasteiger partial charge in [0.1, 0.15) is 17.1 Å². The van der Waals surface area contributed by atoms with E-state index in [0.717, 1.165) is 22.4 Å². The van der Waals surface area contributed by atoms with E-state index in [1.54, 1.807) is 23.2 Å². The van der Waals surface area contributed by atoms with Crippen molar-refractivity contribution in [1.29, 1.82) is 0 Å². The number of nitrogens with zero attached hydrogens (tertiary/aromatic N) is 5. The van der Waals surface area contributed by atoms with Crippen molar-refractivity contribution in [1.82, 2.24) is 24.4 Å². The molecule has 1 saturated heterocycles. The number of aromatic nitrogens is 4. The Morgan fingerprint density at radius 2 is 1.47 bits per heavy atom. The zero-order valence-corrected chi connectivity index (χ0v) is 28.9. The Kier molecular flexibility index (Phi) is 14.1. The number of aliphatic hydroxyl groups is 1. The lowest BCUT2D eigenvalue weighted by molar-refractivity contribution is -0.135.